The maximum absolute atomic E-state index is 11.7. The van der Waals surface area contributed by atoms with Gasteiger partial charge in [-0.2, -0.15) is 0 Å². The van der Waals surface area contributed by atoms with Crippen molar-refractivity contribution in [2.24, 2.45) is 0 Å². The number of carbonyl (C=O) groups is 1. The summed E-state index contributed by atoms with van der Waals surface area (Å²) in [5.41, 5.74) is 0.365. The molecule has 1 aromatic carbocycles. The van der Waals surface area contributed by atoms with Gasteiger partial charge >= 0.3 is 5.97 Å². The number of aliphatic carboxylic acids is 1. The molecule has 1 aromatic rings. The summed E-state index contributed by atoms with van der Waals surface area (Å²) in [5.74, 6) is -0.718. The van der Waals surface area contributed by atoms with Crippen LogP contribution in [-0.4, -0.2) is 41.1 Å². The first kappa shape index (κ1) is 15.0. The number of likely N-dealkylation sites (tertiary alicyclic amines) is 1. The number of hydrogen-bond acceptors (Lipinski definition) is 3. The molecule has 0 atom stereocenters. The van der Waals surface area contributed by atoms with Crippen molar-refractivity contribution in [3.63, 3.8) is 0 Å². The van der Waals surface area contributed by atoms with E-state index in [0.717, 1.165) is 31.6 Å². The van der Waals surface area contributed by atoms with Crippen molar-refractivity contribution in [1.82, 2.24) is 10.2 Å². The zero-order valence-corrected chi connectivity index (χ0v) is 12.1. The molecule has 110 valence electrons. The molecule has 1 heterocycles. The van der Waals surface area contributed by atoms with Crippen molar-refractivity contribution in [3.05, 3.63) is 35.9 Å². The number of carboxylic acids is 1. The predicted octanol–water partition coefficient (Wildman–Crippen LogP) is 2.11. The van der Waals surface area contributed by atoms with E-state index in [4.69, 9.17) is 0 Å². The normalized spacial score (nSPS) is 18.9. The highest BCUT2D eigenvalue weighted by atomic mass is 16.4. The van der Waals surface area contributed by atoms with Gasteiger partial charge in [-0.15, -0.1) is 0 Å². The summed E-state index contributed by atoms with van der Waals surface area (Å²) >= 11 is 0. The van der Waals surface area contributed by atoms with Crippen molar-refractivity contribution in [3.8, 4) is 0 Å². The first-order valence-electron chi connectivity index (χ1n) is 7.41. The summed E-state index contributed by atoms with van der Waals surface area (Å²) < 4.78 is 0. The second kappa shape index (κ2) is 6.86. The van der Waals surface area contributed by atoms with Crippen molar-refractivity contribution in [1.29, 1.82) is 0 Å². The van der Waals surface area contributed by atoms with E-state index in [1.807, 2.05) is 30.3 Å². The minimum absolute atomic E-state index is 0.612. The van der Waals surface area contributed by atoms with Crippen LogP contribution in [0.1, 0.15) is 31.7 Å². The van der Waals surface area contributed by atoms with E-state index in [1.54, 1.807) is 0 Å². The lowest BCUT2D eigenvalue weighted by Crippen LogP contribution is -2.58. The van der Waals surface area contributed by atoms with E-state index in [1.165, 1.54) is 0 Å². The summed E-state index contributed by atoms with van der Waals surface area (Å²) in [5, 5.41) is 12.9. The molecular weight excluding hydrogens is 252 g/mol. The van der Waals surface area contributed by atoms with Crippen molar-refractivity contribution >= 4 is 5.97 Å². The second-order valence-electron chi connectivity index (χ2n) is 5.57. The van der Waals surface area contributed by atoms with Gasteiger partial charge in [0.25, 0.3) is 0 Å². The Labute approximate surface area is 120 Å². The number of hydrogen-bond donors (Lipinski definition) is 2. The molecule has 0 amide bonds. The van der Waals surface area contributed by atoms with Gasteiger partial charge in [-0.3, -0.25) is 10.1 Å². The van der Waals surface area contributed by atoms with E-state index in [9.17, 15) is 9.90 Å². The lowest BCUT2D eigenvalue weighted by molar-refractivity contribution is -0.147. The fourth-order valence-electron chi connectivity index (χ4n) is 2.81. The largest absolute Gasteiger partial charge is 0.480 e. The van der Waals surface area contributed by atoms with Crippen LogP contribution in [-0.2, 0) is 11.3 Å². The zero-order chi connectivity index (χ0) is 14.4. The van der Waals surface area contributed by atoms with Gasteiger partial charge in [-0.1, -0.05) is 37.3 Å². The molecule has 2 N–H and O–H groups in total. The van der Waals surface area contributed by atoms with Gasteiger partial charge in [0.15, 0.2) is 0 Å². The molecule has 0 unspecified atom stereocenters. The highest BCUT2D eigenvalue weighted by molar-refractivity contribution is 5.79. The summed E-state index contributed by atoms with van der Waals surface area (Å²) in [6.45, 7) is 5.56. The smallest absolute Gasteiger partial charge is 0.324 e. The standard InChI is InChI=1S/C16H24N2O2/c1-2-10-18-11-8-16(9-12-18,15(19)20)17-13-14-6-4-3-5-7-14/h3-7,17H,2,8-13H2,1H3,(H,19,20). The van der Waals surface area contributed by atoms with Gasteiger partial charge in [-0.25, -0.2) is 0 Å². The Morgan fingerprint density at radius 3 is 2.50 bits per heavy atom. The third-order valence-electron chi connectivity index (χ3n) is 4.13. The summed E-state index contributed by atoms with van der Waals surface area (Å²) in [7, 11) is 0. The molecule has 20 heavy (non-hydrogen) atoms. The molecule has 1 aliphatic rings. The molecule has 1 fully saturated rings. The van der Waals surface area contributed by atoms with Gasteiger partial charge in [0.1, 0.15) is 5.54 Å². The third kappa shape index (κ3) is 3.58. The number of nitrogens with zero attached hydrogens (tertiary/aromatic N) is 1. The van der Waals surface area contributed by atoms with Crippen LogP contribution in [0.4, 0.5) is 0 Å². The van der Waals surface area contributed by atoms with Gasteiger partial charge in [0.05, 0.1) is 0 Å². The molecule has 4 nitrogen and oxygen atoms in total. The number of carboxylic acid groups (broad SMARTS) is 1. The second-order valence-corrected chi connectivity index (χ2v) is 5.57. The Kier molecular flexibility index (Phi) is 5.15. The molecule has 2 rings (SSSR count). The molecule has 0 aliphatic carbocycles. The highest BCUT2D eigenvalue weighted by Gasteiger charge is 2.40. The van der Waals surface area contributed by atoms with E-state index >= 15 is 0 Å². The summed E-state index contributed by atoms with van der Waals surface area (Å²) in [6.07, 6.45) is 2.47. The third-order valence-corrected chi connectivity index (χ3v) is 4.13. The Morgan fingerprint density at radius 2 is 1.95 bits per heavy atom. The van der Waals surface area contributed by atoms with Crippen LogP contribution in [0.3, 0.4) is 0 Å². The molecule has 4 heteroatoms. The SMILES string of the molecule is CCCN1CCC(NCc2ccccc2)(C(=O)O)CC1. The minimum atomic E-state index is -0.764. The van der Waals surface area contributed by atoms with Gasteiger partial charge in [-0.05, 0) is 31.4 Å². The van der Waals surface area contributed by atoms with Crippen LogP contribution in [0.25, 0.3) is 0 Å². The summed E-state index contributed by atoms with van der Waals surface area (Å²) in [6, 6.07) is 9.98. The lowest BCUT2D eigenvalue weighted by Gasteiger charge is -2.39. The molecule has 0 spiro atoms. The molecule has 1 saturated heterocycles. The molecule has 0 saturated carbocycles. The molecule has 0 aromatic heterocycles. The average Bonchev–Trinajstić information content (AvgIpc) is 2.48. The first-order chi connectivity index (χ1) is 9.66. The van der Waals surface area contributed by atoms with E-state index in [-0.39, 0.29) is 0 Å². The van der Waals surface area contributed by atoms with Crippen LogP contribution in [0.5, 0.6) is 0 Å². The molecular formula is C16H24N2O2. The van der Waals surface area contributed by atoms with E-state index < -0.39 is 11.5 Å². The van der Waals surface area contributed by atoms with Crippen LogP contribution < -0.4 is 5.32 Å². The fraction of sp³-hybridized carbons (Fsp3) is 0.562. The quantitative estimate of drug-likeness (QED) is 0.835. The monoisotopic (exact) mass is 276 g/mol. The number of benzene rings is 1. The average molecular weight is 276 g/mol. The van der Waals surface area contributed by atoms with E-state index in [2.05, 4.69) is 17.1 Å². The van der Waals surface area contributed by atoms with Gasteiger partial charge in [0, 0.05) is 19.6 Å². The minimum Gasteiger partial charge on any atom is -0.480 e. The van der Waals surface area contributed by atoms with Gasteiger partial charge < -0.3 is 10.0 Å². The van der Waals surface area contributed by atoms with Crippen LogP contribution >= 0.6 is 0 Å². The van der Waals surface area contributed by atoms with Gasteiger partial charge in [0.2, 0.25) is 0 Å². The zero-order valence-electron chi connectivity index (χ0n) is 12.1. The maximum Gasteiger partial charge on any atom is 0.324 e. The Balaban J connectivity index is 1.96. The predicted molar refractivity (Wildman–Crippen MR) is 79.6 cm³/mol. The van der Waals surface area contributed by atoms with Crippen molar-refractivity contribution in [2.45, 2.75) is 38.3 Å². The van der Waals surface area contributed by atoms with Crippen LogP contribution in [0, 0.1) is 0 Å². The number of nitrogens with one attached hydrogen (secondary N) is 1. The molecule has 0 bridgehead atoms. The lowest BCUT2D eigenvalue weighted by atomic mass is 9.87. The van der Waals surface area contributed by atoms with Crippen LogP contribution in [0.15, 0.2) is 30.3 Å². The Bertz CT molecular complexity index is 425. The molecule has 1 aliphatic heterocycles. The fourth-order valence-corrected chi connectivity index (χ4v) is 2.81. The maximum atomic E-state index is 11.7. The highest BCUT2D eigenvalue weighted by Crippen LogP contribution is 2.23. The van der Waals surface area contributed by atoms with Crippen LogP contribution in [0.2, 0.25) is 0 Å². The van der Waals surface area contributed by atoms with E-state index in [0.29, 0.717) is 19.4 Å². The Hall–Kier alpha value is -1.39. The summed E-state index contributed by atoms with van der Waals surface area (Å²) in [4.78, 5) is 14.0. The topological polar surface area (TPSA) is 52.6 Å². The Morgan fingerprint density at radius 1 is 1.30 bits per heavy atom. The number of piperidine rings is 1. The molecule has 0 radical (unpaired) electrons. The first-order valence-corrected chi connectivity index (χ1v) is 7.41. The van der Waals surface area contributed by atoms with Crippen molar-refractivity contribution < 1.29 is 9.90 Å². The number of rotatable bonds is 6. The van der Waals surface area contributed by atoms with Crippen molar-refractivity contribution in [2.75, 3.05) is 19.6 Å².